The molecule has 4 rings (SSSR count). The van der Waals surface area contributed by atoms with E-state index in [0.29, 0.717) is 48.1 Å². The van der Waals surface area contributed by atoms with Crippen molar-refractivity contribution in [2.24, 2.45) is 12.8 Å². The van der Waals surface area contributed by atoms with Gasteiger partial charge in [0.1, 0.15) is 10.7 Å². The highest BCUT2D eigenvalue weighted by atomic mass is 35.5. The molecular formula is C26H32ClF3N6O. The van der Waals surface area contributed by atoms with E-state index in [0.717, 1.165) is 30.5 Å². The fraction of sp³-hybridized carbons (Fsp3) is 0.500. The fourth-order valence-corrected chi connectivity index (χ4v) is 5.43. The number of aryl methyl sites for hydroxylation is 1. The molecule has 1 fully saturated rings. The predicted octanol–water partition coefficient (Wildman–Crippen LogP) is 4.77. The molecule has 11 heteroatoms. The van der Waals surface area contributed by atoms with Crippen molar-refractivity contribution in [3.05, 3.63) is 63.2 Å². The van der Waals surface area contributed by atoms with Gasteiger partial charge in [0.05, 0.1) is 11.1 Å². The Hall–Kier alpha value is -2.69. The first-order chi connectivity index (χ1) is 17.6. The van der Waals surface area contributed by atoms with Crippen molar-refractivity contribution in [1.29, 1.82) is 0 Å². The van der Waals surface area contributed by atoms with Crippen LogP contribution in [0.3, 0.4) is 0 Å². The molecule has 2 aromatic heterocycles. The van der Waals surface area contributed by atoms with Gasteiger partial charge < -0.3 is 10.6 Å². The van der Waals surface area contributed by atoms with Gasteiger partial charge in [-0.3, -0.25) is 9.47 Å². The van der Waals surface area contributed by atoms with Crippen LogP contribution in [0.25, 0.3) is 11.0 Å². The Kier molecular flexibility index (Phi) is 8.11. The van der Waals surface area contributed by atoms with Gasteiger partial charge >= 0.3 is 11.9 Å². The molecule has 0 amide bonds. The molecule has 1 aliphatic heterocycles. The van der Waals surface area contributed by atoms with E-state index < -0.39 is 11.7 Å². The zero-order valence-corrected chi connectivity index (χ0v) is 21.9. The second kappa shape index (κ2) is 11.0. The number of nitrogens with zero attached hydrogens (tertiary/aromatic N) is 5. The molecule has 1 aliphatic rings. The summed E-state index contributed by atoms with van der Waals surface area (Å²) in [5.74, 6) is 0.510. The predicted molar refractivity (Wildman–Crippen MR) is 140 cm³/mol. The van der Waals surface area contributed by atoms with Gasteiger partial charge in [0, 0.05) is 38.3 Å². The molecule has 1 saturated heterocycles. The van der Waals surface area contributed by atoms with Crippen LogP contribution in [0.5, 0.6) is 0 Å². The average molecular weight is 537 g/mol. The zero-order valence-electron chi connectivity index (χ0n) is 21.2. The summed E-state index contributed by atoms with van der Waals surface area (Å²) < 4.78 is 40.9. The molecule has 0 bridgehead atoms. The van der Waals surface area contributed by atoms with Crippen LogP contribution in [0.1, 0.15) is 50.3 Å². The van der Waals surface area contributed by atoms with Crippen molar-refractivity contribution in [1.82, 2.24) is 19.4 Å². The standard InChI is InChI=1S/C26H32ClF3N6O/c1-4-18-15-36(24-23-21(10-11-22(27)32-23)34(3)25(37)33-24)19(5-2)14-35(18)20(12-13-31)16-6-8-17(9-7-16)26(28,29)30/h6-11,18-20H,4-5,12-15,31H2,1-3H3/t18-,19+,20?/m1/s1. The van der Waals surface area contributed by atoms with E-state index in [-0.39, 0.29) is 23.8 Å². The maximum Gasteiger partial charge on any atom is 0.416 e. The van der Waals surface area contributed by atoms with E-state index in [2.05, 4.69) is 33.6 Å². The van der Waals surface area contributed by atoms with Crippen LogP contribution in [0.4, 0.5) is 19.0 Å². The third kappa shape index (κ3) is 5.46. The molecule has 0 aliphatic carbocycles. The third-order valence-electron chi connectivity index (χ3n) is 7.32. The van der Waals surface area contributed by atoms with Crippen molar-refractivity contribution in [3.8, 4) is 0 Å². The summed E-state index contributed by atoms with van der Waals surface area (Å²) in [6.45, 7) is 5.78. The van der Waals surface area contributed by atoms with Crippen LogP contribution in [0, 0.1) is 0 Å². The highest BCUT2D eigenvalue weighted by molar-refractivity contribution is 6.29. The van der Waals surface area contributed by atoms with Crippen LogP contribution in [0.2, 0.25) is 5.15 Å². The second-order valence-corrected chi connectivity index (χ2v) is 9.85. The lowest BCUT2D eigenvalue weighted by Crippen LogP contribution is -2.59. The van der Waals surface area contributed by atoms with Crippen LogP contribution < -0.4 is 16.3 Å². The number of piperazine rings is 1. The molecular weight excluding hydrogens is 505 g/mol. The second-order valence-electron chi connectivity index (χ2n) is 9.46. The summed E-state index contributed by atoms with van der Waals surface area (Å²) in [6.07, 6.45) is -2.20. The summed E-state index contributed by atoms with van der Waals surface area (Å²) in [6, 6.07) is 8.75. The minimum absolute atomic E-state index is 0.00103. The summed E-state index contributed by atoms with van der Waals surface area (Å²) in [4.78, 5) is 26.1. The Balaban J connectivity index is 1.73. The number of pyridine rings is 1. The van der Waals surface area contributed by atoms with Crippen LogP contribution in [-0.2, 0) is 13.2 Å². The molecule has 7 nitrogen and oxygen atoms in total. The highest BCUT2D eigenvalue weighted by Gasteiger charge is 2.38. The van der Waals surface area contributed by atoms with E-state index in [1.807, 2.05) is 0 Å². The van der Waals surface area contributed by atoms with Crippen molar-refractivity contribution < 1.29 is 13.2 Å². The van der Waals surface area contributed by atoms with Crippen molar-refractivity contribution in [3.63, 3.8) is 0 Å². The summed E-state index contributed by atoms with van der Waals surface area (Å²) >= 11 is 6.22. The van der Waals surface area contributed by atoms with Gasteiger partial charge in [-0.2, -0.15) is 18.2 Å². The molecule has 200 valence electrons. The number of halogens is 4. The zero-order chi connectivity index (χ0) is 26.9. The Labute approximate surface area is 219 Å². The summed E-state index contributed by atoms with van der Waals surface area (Å²) in [7, 11) is 1.66. The van der Waals surface area contributed by atoms with E-state index in [1.165, 1.54) is 4.57 Å². The Morgan fingerprint density at radius 3 is 2.32 bits per heavy atom. The van der Waals surface area contributed by atoms with Crippen LogP contribution in [0.15, 0.2) is 41.2 Å². The largest absolute Gasteiger partial charge is 0.416 e. The molecule has 0 saturated carbocycles. The van der Waals surface area contributed by atoms with Crippen molar-refractivity contribution >= 4 is 28.5 Å². The molecule has 0 spiro atoms. The minimum Gasteiger partial charge on any atom is -0.349 e. The van der Waals surface area contributed by atoms with Gasteiger partial charge in [0.2, 0.25) is 0 Å². The molecule has 2 N–H and O–H groups in total. The molecule has 1 unspecified atom stereocenters. The molecule has 3 aromatic rings. The Bertz CT molecular complexity index is 1300. The lowest BCUT2D eigenvalue weighted by Gasteiger charge is -2.49. The number of hydrogen-bond acceptors (Lipinski definition) is 6. The average Bonchev–Trinajstić information content (AvgIpc) is 2.88. The maximum absolute atomic E-state index is 13.2. The molecule has 3 heterocycles. The number of nitrogens with two attached hydrogens (primary N) is 1. The van der Waals surface area contributed by atoms with Crippen LogP contribution >= 0.6 is 11.6 Å². The normalized spacial score (nSPS) is 19.9. The number of hydrogen-bond donors (Lipinski definition) is 1. The first-order valence-corrected chi connectivity index (χ1v) is 12.9. The van der Waals surface area contributed by atoms with Crippen molar-refractivity contribution in [2.75, 3.05) is 24.5 Å². The van der Waals surface area contributed by atoms with E-state index in [9.17, 15) is 18.0 Å². The van der Waals surface area contributed by atoms with Gasteiger partial charge in [-0.25, -0.2) is 9.78 Å². The van der Waals surface area contributed by atoms with Gasteiger partial charge in [-0.15, -0.1) is 0 Å². The van der Waals surface area contributed by atoms with E-state index in [1.54, 1.807) is 31.3 Å². The molecule has 0 radical (unpaired) electrons. The molecule has 3 atom stereocenters. The Morgan fingerprint density at radius 1 is 1.05 bits per heavy atom. The van der Waals surface area contributed by atoms with E-state index >= 15 is 0 Å². The maximum atomic E-state index is 13.2. The van der Waals surface area contributed by atoms with Gasteiger partial charge in [-0.05, 0) is 55.6 Å². The number of aromatic nitrogens is 3. The molecule has 1 aromatic carbocycles. The monoisotopic (exact) mass is 536 g/mol. The lowest BCUT2D eigenvalue weighted by molar-refractivity contribution is -0.137. The number of fused-ring (bicyclic) bond motifs is 1. The van der Waals surface area contributed by atoms with Gasteiger partial charge in [0.25, 0.3) is 0 Å². The van der Waals surface area contributed by atoms with Gasteiger partial charge in [0.15, 0.2) is 5.82 Å². The minimum atomic E-state index is -4.38. The highest BCUT2D eigenvalue weighted by Crippen LogP contribution is 2.36. The van der Waals surface area contributed by atoms with E-state index in [4.69, 9.17) is 17.3 Å². The first kappa shape index (κ1) is 27.3. The van der Waals surface area contributed by atoms with Crippen molar-refractivity contribution in [2.45, 2.75) is 57.4 Å². The summed E-state index contributed by atoms with van der Waals surface area (Å²) in [5.41, 5.74) is 6.96. The Morgan fingerprint density at radius 2 is 1.73 bits per heavy atom. The quantitative estimate of drug-likeness (QED) is 0.438. The fourth-order valence-electron chi connectivity index (χ4n) is 5.29. The number of rotatable bonds is 7. The number of benzene rings is 1. The summed E-state index contributed by atoms with van der Waals surface area (Å²) in [5, 5.41) is 0.318. The topological polar surface area (TPSA) is 80.3 Å². The van der Waals surface area contributed by atoms with Gasteiger partial charge in [-0.1, -0.05) is 37.6 Å². The smallest absolute Gasteiger partial charge is 0.349 e. The number of anilines is 1. The first-order valence-electron chi connectivity index (χ1n) is 12.5. The number of alkyl halides is 3. The lowest BCUT2D eigenvalue weighted by atomic mass is 9.94. The third-order valence-corrected chi connectivity index (χ3v) is 7.53. The molecule has 37 heavy (non-hydrogen) atoms. The SMILES string of the molecule is CC[C@H]1CN(C(CCN)c2ccc(C(F)(F)F)cc2)[C@H](CC)CN1c1nc(=O)n(C)c2ccc(Cl)nc12. The van der Waals surface area contributed by atoms with Crippen LogP contribution in [-0.4, -0.2) is 51.2 Å².